The lowest BCUT2D eigenvalue weighted by atomic mass is 10.1. The summed E-state index contributed by atoms with van der Waals surface area (Å²) in [5, 5.41) is 3.01. The molecule has 2 aromatic carbocycles. The Balaban J connectivity index is 2.05. The van der Waals surface area contributed by atoms with Crippen molar-refractivity contribution in [2.75, 3.05) is 154 Å². The quantitative estimate of drug-likeness (QED) is 0.0777. The minimum Gasteiger partial charge on any atom is -0.487 e. The number of nitrogens with one attached hydrogen (secondary N) is 1. The van der Waals surface area contributed by atoms with Crippen LogP contribution in [-0.4, -0.2) is 171 Å². The van der Waals surface area contributed by atoms with Crippen LogP contribution in [0.5, 0.6) is 17.2 Å². The minimum absolute atomic E-state index is 0.148. The zero-order valence-electron chi connectivity index (χ0n) is 35.6. The predicted octanol–water partition coefficient (Wildman–Crippen LogP) is 3.65. The molecule has 0 aliphatic heterocycles. The topological polar surface area (TPSA) is 160 Å². The minimum atomic E-state index is -0.311. The number of amides is 1. The van der Waals surface area contributed by atoms with Crippen molar-refractivity contribution in [3.8, 4) is 17.2 Å². The third kappa shape index (κ3) is 25.0. The average Bonchev–Trinajstić information content (AvgIpc) is 3.19. The number of carbonyl (C=O) groups is 2. The van der Waals surface area contributed by atoms with Crippen LogP contribution in [-0.2, 0) is 54.0 Å². The van der Waals surface area contributed by atoms with Crippen molar-refractivity contribution in [1.82, 2.24) is 10.2 Å². The summed E-state index contributed by atoms with van der Waals surface area (Å²) in [6.07, 6.45) is 1.12. The number of hydrogen-bond donors (Lipinski definition) is 1. The molecule has 330 valence electrons. The molecule has 0 atom stereocenters. The SMILES string of the molecule is COCCOCCOCCOc1cc(C(=O)NCc2cc(C)cc(C)c2)cc(OCCOCCOCCOC(=O)CCCN(C)C)c1OCCOCCOCCOC. The second-order valence-electron chi connectivity index (χ2n) is 13.3. The number of carbonyl (C=O) groups excluding carboxylic acids is 2. The summed E-state index contributed by atoms with van der Waals surface area (Å²) < 4.78 is 67.2. The second-order valence-corrected chi connectivity index (χ2v) is 13.3. The van der Waals surface area contributed by atoms with Crippen LogP contribution >= 0.6 is 0 Å². The van der Waals surface area contributed by atoms with Crippen LogP contribution in [0, 0.1) is 13.8 Å². The average molecular weight is 825 g/mol. The Morgan fingerprint density at radius 3 is 1.45 bits per heavy atom. The molecule has 0 unspecified atom stereocenters. The van der Waals surface area contributed by atoms with Gasteiger partial charge in [0.15, 0.2) is 11.5 Å². The lowest BCUT2D eigenvalue weighted by molar-refractivity contribution is -0.145. The number of ether oxygens (including phenoxy) is 12. The van der Waals surface area contributed by atoms with Gasteiger partial charge in [-0.2, -0.15) is 0 Å². The molecule has 0 heterocycles. The van der Waals surface area contributed by atoms with E-state index in [9.17, 15) is 9.59 Å². The van der Waals surface area contributed by atoms with Gasteiger partial charge in [-0.1, -0.05) is 29.3 Å². The van der Waals surface area contributed by atoms with Crippen molar-refractivity contribution in [1.29, 1.82) is 0 Å². The molecule has 0 aromatic heterocycles. The molecule has 0 saturated carbocycles. The van der Waals surface area contributed by atoms with E-state index >= 15 is 0 Å². The molecule has 0 saturated heterocycles. The molecule has 1 N–H and O–H groups in total. The van der Waals surface area contributed by atoms with Gasteiger partial charge in [-0.25, -0.2) is 0 Å². The lowest BCUT2D eigenvalue weighted by Crippen LogP contribution is -2.23. The first kappa shape index (κ1) is 50.6. The van der Waals surface area contributed by atoms with Gasteiger partial charge in [-0.15, -0.1) is 0 Å². The highest BCUT2D eigenvalue weighted by atomic mass is 16.6. The van der Waals surface area contributed by atoms with Crippen LogP contribution in [0.1, 0.15) is 39.9 Å². The lowest BCUT2D eigenvalue weighted by Gasteiger charge is -2.19. The highest BCUT2D eigenvalue weighted by molar-refractivity contribution is 5.95. The van der Waals surface area contributed by atoms with Gasteiger partial charge in [0.1, 0.15) is 26.4 Å². The molecule has 16 nitrogen and oxygen atoms in total. The van der Waals surface area contributed by atoms with E-state index in [2.05, 4.69) is 11.4 Å². The van der Waals surface area contributed by atoms with Crippen molar-refractivity contribution in [3.63, 3.8) is 0 Å². The van der Waals surface area contributed by atoms with Gasteiger partial charge in [-0.3, -0.25) is 9.59 Å². The maximum Gasteiger partial charge on any atom is 0.305 e. The van der Waals surface area contributed by atoms with E-state index in [-0.39, 0.29) is 64.7 Å². The summed E-state index contributed by atoms with van der Waals surface area (Å²) in [6, 6.07) is 9.42. The third-order valence-corrected chi connectivity index (χ3v) is 7.92. The fourth-order valence-corrected chi connectivity index (χ4v) is 5.22. The molecule has 58 heavy (non-hydrogen) atoms. The van der Waals surface area contributed by atoms with E-state index in [1.807, 2.05) is 45.0 Å². The fraction of sp³-hybridized carbons (Fsp3) is 0.667. The number of nitrogens with zero attached hydrogens (tertiary/aromatic N) is 1. The molecule has 1 amide bonds. The van der Waals surface area contributed by atoms with Gasteiger partial charge in [-0.05, 0) is 58.6 Å². The molecular formula is C42H68N2O14. The van der Waals surface area contributed by atoms with Crippen molar-refractivity contribution in [2.45, 2.75) is 33.2 Å². The van der Waals surface area contributed by atoms with Crippen LogP contribution in [0.2, 0.25) is 0 Å². The largest absolute Gasteiger partial charge is 0.487 e. The number of hydrogen-bond acceptors (Lipinski definition) is 15. The van der Waals surface area contributed by atoms with Crippen LogP contribution in [0.3, 0.4) is 0 Å². The standard InChI is InChI=1S/C42H68N2O14/c1-34-28-35(2)30-36(29-34)33-43-42(46)37-31-38(55-24-20-51-16-14-49-12-10-47-5)41(58-27-23-54-17-15-50-13-11-48-6)39(32-37)56-25-21-52-18-19-53-22-26-57-40(45)8-7-9-44(3)4/h28-32H,7-27,33H2,1-6H3,(H,43,46). The summed E-state index contributed by atoms with van der Waals surface area (Å²) in [5.41, 5.74) is 3.55. The fourth-order valence-electron chi connectivity index (χ4n) is 5.22. The first-order valence-electron chi connectivity index (χ1n) is 19.9. The first-order chi connectivity index (χ1) is 28.2. The summed E-state index contributed by atoms with van der Waals surface area (Å²) in [6.45, 7) is 11.2. The Labute approximate surface area is 344 Å². The molecule has 16 heteroatoms. The highest BCUT2D eigenvalue weighted by Crippen LogP contribution is 2.39. The molecule has 0 radical (unpaired) electrons. The van der Waals surface area contributed by atoms with Gasteiger partial charge in [0.2, 0.25) is 5.75 Å². The number of esters is 1. The van der Waals surface area contributed by atoms with Crippen molar-refractivity contribution in [3.05, 3.63) is 52.6 Å². The first-order valence-corrected chi connectivity index (χ1v) is 19.9. The van der Waals surface area contributed by atoms with Crippen LogP contribution in [0.4, 0.5) is 0 Å². The molecule has 0 aliphatic carbocycles. The normalized spacial score (nSPS) is 11.2. The van der Waals surface area contributed by atoms with Crippen molar-refractivity contribution in [2.24, 2.45) is 0 Å². The van der Waals surface area contributed by atoms with Gasteiger partial charge in [0.05, 0.1) is 92.5 Å². The summed E-state index contributed by atoms with van der Waals surface area (Å²) in [4.78, 5) is 27.4. The maximum atomic E-state index is 13.6. The molecule has 2 rings (SSSR count). The van der Waals surface area contributed by atoms with E-state index < -0.39 is 0 Å². The Morgan fingerprint density at radius 2 is 0.983 bits per heavy atom. The second kappa shape index (κ2) is 33.3. The van der Waals surface area contributed by atoms with Crippen molar-refractivity contribution < 1.29 is 66.4 Å². The molecule has 0 bridgehead atoms. The molecule has 2 aromatic rings. The Kier molecular flexibility index (Phi) is 29.0. The summed E-state index contributed by atoms with van der Waals surface area (Å²) >= 11 is 0. The van der Waals surface area contributed by atoms with Gasteiger partial charge >= 0.3 is 5.97 Å². The third-order valence-electron chi connectivity index (χ3n) is 7.92. The van der Waals surface area contributed by atoms with Crippen LogP contribution < -0.4 is 19.5 Å². The van der Waals surface area contributed by atoms with Gasteiger partial charge in [0, 0.05) is 32.7 Å². The molecule has 0 spiro atoms. The van der Waals surface area contributed by atoms with E-state index in [0.717, 1.165) is 29.7 Å². The maximum absolute atomic E-state index is 13.6. The molecule has 0 aliphatic rings. The van der Waals surface area contributed by atoms with Gasteiger partial charge < -0.3 is 67.1 Å². The number of methoxy groups -OCH3 is 2. The van der Waals surface area contributed by atoms with E-state index in [0.29, 0.717) is 102 Å². The Morgan fingerprint density at radius 1 is 0.552 bits per heavy atom. The zero-order chi connectivity index (χ0) is 42.1. The smallest absolute Gasteiger partial charge is 0.305 e. The Bertz CT molecular complexity index is 1360. The van der Waals surface area contributed by atoms with E-state index in [1.54, 1.807) is 26.4 Å². The summed E-state index contributed by atoms with van der Waals surface area (Å²) in [5.74, 6) is 0.381. The molecular weight excluding hydrogens is 756 g/mol. The number of benzene rings is 2. The van der Waals surface area contributed by atoms with E-state index in [1.165, 1.54) is 0 Å². The predicted molar refractivity (Wildman–Crippen MR) is 217 cm³/mol. The van der Waals surface area contributed by atoms with E-state index in [4.69, 9.17) is 56.8 Å². The monoisotopic (exact) mass is 824 g/mol. The number of aryl methyl sites for hydroxylation is 2. The van der Waals surface area contributed by atoms with Gasteiger partial charge in [0.25, 0.3) is 5.91 Å². The Hall–Kier alpha value is -3.58. The zero-order valence-corrected chi connectivity index (χ0v) is 35.6. The molecule has 0 fully saturated rings. The summed E-state index contributed by atoms with van der Waals surface area (Å²) in [7, 11) is 7.17. The van der Waals surface area contributed by atoms with Crippen LogP contribution in [0.15, 0.2) is 30.3 Å². The number of rotatable bonds is 37. The van der Waals surface area contributed by atoms with Crippen LogP contribution in [0.25, 0.3) is 0 Å². The highest BCUT2D eigenvalue weighted by Gasteiger charge is 2.20. The van der Waals surface area contributed by atoms with Crippen molar-refractivity contribution >= 4 is 11.9 Å².